The summed E-state index contributed by atoms with van der Waals surface area (Å²) < 4.78 is 16.6. The molecule has 0 saturated heterocycles. The van der Waals surface area contributed by atoms with Crippen molar-refractivity contribution < 1.29 is 18.7 Å². The molecular formula is C20H18ClNO4. The van der Waals surface area contributed by atoms with E-state index in [0.29, 0.717) is 35.4 Å². The summed E-state index contributed by atoms with van der Waals surface area (Å²) in [6.07, 6.45) is 2.77. The minimum absolute atomic E-state index is 0.175. The van der Waals surface area contributed by atoms with Crippen molar-refractivity contribution in [3.05, 3.63) is 52.7 Å². The first-order chi connectivity index (χ1) is 12.6. The fraction of sp³-hybridized carbons (Fsp3) is 0.250. The number of fused-ring (bicyclic) bond motifs is 2. The van der Waals surface area contributed by atoms with Gasteiger partial charge in [0.05, 0.1) is 23.4 Å². The van der Waals surface area contributed by atoms with Gasteiger partial charge in [-0.15, -0.1) is 0 Å². The average Bonchev–Trinajstić information content (AvgIpc) is 3.04. The molecule has 3 aromatic rings. The third-order valence-corrected chi connectivity index (χ3v) is 4.70. The monoisotopic (exact) mass is 371 g/mol. The first-order valence-electron chi connectivity index (χ1n) is 8.52. The highest BCUT2D eigenvalue weighted by Crippen LogP contribution is 2.38. The molecule has 6 heteroatoms. The van der Waals surface area contributed by atoms with Crippen molar-refractivity contribution in [1.29, 1.82) is 0 Å². The van der Waals surface area contributed by atoms with Gasteiger partial charge in [0.15, 0.2) is 11.5 Å². The summed E-state index contributed by atoms with van der Waals surface area (Å²) in [7, 11) is 0. The van der Waals surface area contributed by atoms with Crippen molar-refractivity contribution in [2.24, 2.45) is 0 Å². The number of anilines is 1. The van der Waals surface area contributed by atoms with E-state index in [1.54, 1.807) is 18.4 Å². The molecule has 0 saturated carbocycles. The number of halogens is 1. The fourth-order valence-electron chi connectivity index (χ4n) is 3.01. The molecular weight excluding hydrogens is 354 g/mol. The predicted octanol–water partition coefficient (Wildman–Crippen LogP) is 4.60. The lowest BCUT2D eigenvalue weighted by Gasteiger charge is -2.20. The summed E-state index contributed by atoms with van der Waals surface area (Å²) >= 11 is 6.25. The van der Waals surface area contributed by atoms with E-state index in [2.05, 4.69) is 18.3 Å². The highest BCUT2D eigenvalue weighted by atomic mass is 35.5. The molecule has 1 aromatic heterocycles. The zero-order valence-electron chi connectivity index (χ0n) is 14.3. The van der Waals surface area contributed by atoms with Crippen LogP contribution in [0.1, 0.15) is 18.1 Å². The van der Waals surface area contributed by atoms with E-state index in [0.717, 1.165) is 23.0 Å². The molecule has 4 rings (SSSR count). The predicted molar refractivity (Wildman–Crippen MR) is 100 cm³/mol. The van der Waals surface area contributed by atoms with Gasteiger partial charge >= 0.3 is 0 Å². The van der Waals surface area contributed by atoms with E-state index in [4.69, 9.17) is 25.5 Å². The number of aryl methyl sites for hydroxylation is 1. The van der Waals surface area contributed by atoms with Crippen LogP contribution in [0, 0.1) is 0 Å². The van der Waals surface area contributed by atoms with Crippen molar-refractivity contribution in [1.82, 2.24) is 0 Å². The molecule has 0 fully saturated rings. The Labute approximate surface area is 155 Å². The Hall–Kier alpha value is -2.66. The van der Waals surface area contributed by atoms with Crippen LogP contribution < -0.4 is 14.8 Å². The number of benzene rings is 2. The van der Waals surface area contributed by atoms with Gasteiger partial charge in [-0.3, -0.25) is 4.79 Å². The summed E-state index contributed by atoms with van der Waals surface area (Å²) in [5, 5.41) is 4.20. The number of hydrogen-bond donors (Lipinski definition) is 1. The zero-order valence-corrected chi connectivity index (χ0v) is 15.1. The maximum Gasteiger partial charge on any atom is 0.228 e. The molecule has 5 nitrogen and oxygen atoms in total. The topological polar surface area (TPSA) is 60.7 Å². The molecule has 0 spiro atoms. The second-order valence-electron chi connectivity index (χ2n) is 6.15. The van der Waals surface area contributed by atoms with Gasteiger partial charge < -0.3 is 19.2 Å². The molecule has 1 amide bonds. The van der Waals surface area contributed by atoms with Crippen LogP contribution in [0.4, 0.5) is 5.69 Å². The number of carbonyl (C=O) groups is 1. The molecule has 0 atom stereocenters. The average molecular weight is 372 g/mol. The highest BCUT2D eigenvalue weighted by molar-refractivity contribution is 6.34. The normalized spacial score (nSPS) is 13.0. The smallest absolute Gasteiger partial charge is 0.228 e. The molecule has 134 valence electrons. The lowest BCUT2D eigenvalue weighted by atomic mass is 10.1. The van der Waals surface area contributed by atoms with Gasteiger partial charge in [-0.05, 0) is 18.1 Å². The van der Waals surface area contributed by atoms with Crippen molar-refractivity contribution in [2.45, 2.75) is 19.8 Å². The fourth-order valence-corrected chi connectivity index (χ4v) is 3.21. The first kappa shape index (κ1) is 16.8. The summed E-state index contributed by atoms with van der Waals surface area (Å²) in [6, 6.07) is 9.41. The van der Waals surface area contributed by atoms with Gasteiger partial charge in [-0.25, -0.2) is 0 Å². The Morgan fingerprint density at radius 3 is 2.69 bits per heavy atom. The second kappa shape index (κ2) is 6.92. The molecule has 2 heterocycles. The van der Waals surface area contributed by atoms with Gasteiger partial charge in [0.2, 0.25) is 5.91 Å². The minimum atomic E-state index is -0.175. The van der Waals surface area contributed by atoms with Crippen molar-refractivity contribution in [3.8, 4) is 11.5 Å². The number of rotatable bonds is 4. The van der Waals surface area contributed by atoms with E-state index in [9.17, 15) is 4.79 Å². The maximum absolute atomic E-state index is 12.5. The molecule has 1 aliphatic rings. The molecule has 0 radical (unpaired) electrons. The molecule has 0 unspecified atom stereocenters. The second-order valence-corrected chi connectivity index (χ2v) is 6.55. The summed E-state index contributed by atoms with van der Waals surface area (Å²) in [6.45, 7) is 3.06. The summed E-state index contributed by atoms with van der Waals surface area (Å²) in [5.74, 6) is 0.995. The highest BCUT2D eigenvalue weighted by Gasteiger charge is 2.17. The van der Waals surface area contributed by atoms with Crippen molar-refractivity contribution in [3.63, 3.8) is 0 Å². The zero-order chi connectivity index (χ0) is 18.1. The Morgan fingerprint density at radius 1 is 1.15 bits per heavy atom. The quantitative estimate of drug-likeness (QED) is 0.728. The van der Waals surface area contributed by atoms with Crippen molar-refractivity contribution in [2.75, 3.05) is 18.5 Å². The molecule has 0 bridgehead atoms. The summed E-state index contributed by atoms with van der Waals surface area (Å²) in [4.78, 5) is 12.5. The van der Waals surface area contributed by atoms with Crippen LogP contribution in [0.2, 0.25) is 5.02 Å². The van der Waals surface area contributed by atoms with Crippen LogP contribution in [0.15, 0.2) is 41.0 Å². The van der Waals surface area contributed by atoms with E-state index in [1.807, 2.05) is 12.1 Å². The summed E-state index contributed by atoms with van der Waals surface area (Å²) in [5.41, 5.74) is 3.34. The Balaban J connectivity index is 1.52. The standard InChI is InChI=1S/C20H18ClNO4/c1-2-12-3-4-14-13(11-26-17(14)7-12)8-20(23)22-16-10-19-18(9-15(16)21)24-5-6-25-19/h3-4,7,9-11H,2,5-6,8H2,1H3,(H,22,23). The minimum Gasteiger partial charge on any atom is -0.486 e. The number of amides is 1. The van der Waals surface area contributed by atoms with E-state index >= 15 is 0 Å². The lowest BCUT2D eigenvalue weighted by Crippen LogP contribution is -2.17. The van der Waals surface area contributed by atoms with Crippen molar-refractivity contribution >= 4 is 34.2 Å². The van der Waals surface area contributed by atoms with E-state index in [-0.39, 0.29) is 12.3 Å². The molecule has 26 heavy (non-hydrogen) atoms. The van der Waals surface area contributed by atoms with Crippen LogP contribution in [-0.2, 0) is 17.6 Å². The Kier molecular flexibility index (Phi) is 4.47. The van der Waals surface area contributed by atoms with Gasteiger partial charge in [0.25, 0.3) is 0 Å². The number of nitrogens with one attached hydrogen (secondary N) is 1. The van der Waals surface area contributed by atoms with Crippen LogP contribution in [-0.4, -0.2) is 19.1 Å². The first-order valence-corrected chi connectivity index (χ1v) is 8.90. The molecule has 1 N–H and O–H groups in total. The number of furan rings is 1. The molecule has 0 aliphatic carbocycles. The largest absolute Gasteiger partial charge is 0.486 e. The van der Waals surface area contributed by atoms with Crippen LogP contribution >= 0.6 is 11.6 Å². The van der Waals surface area contributed by atoms with Crippen LogP contribution in [0.5, 0.6) is 11.5 Å². The maximum atomic E-state index is 12.5. The Morgan fingerprint density at radius 2 is 1.92 bits per heavy atom. The molecule has 2 aromatic carbocycles. The SMILES string of the molecule is CCc1ccc2c(CC(=O)Nc3cc4c(cc3Cl)OCCO4)coc2c1. The molecule has 1 aliphatic heterocycles. The van der Waals surface area contributed by atoms with Gasteiger partial charge in [0, 0.05) is 23.1 Å². The third-order valence-electron chi connectivity index (χ3n) is 4.39. The van der Waals surface area contributed by atoms with Crippen LogP contribution in [0.3, 0.4) is 0 Å². The number of ether oxygens (including phenoxy) is 2. The number of carbonyl (C=O) groups excluding carboxylic acids is 1. The third kappa shape index (κ3) is 3.22. The Bertz CT molecular complexity index is 979. The lowest BCUT2D eigenvalue weighted by molar-refractivity contribution is -0.115. The van der Waals surface area contributed by atoms with E-state index in [1.165, 1.54) is 5.56 Å². The van der Waals surface area contributed by atoms with Gasteiger partial charge in [-0.2, -0.15) is 0 Å². The van der Waals surface area contributed by atoms with Gasteiger partial charge in [-0.1, -0.05) is 30.7 Å². The van der Waals surface area contributed by atoms with Crippen LogP contribution in [0.25, 0.3) is 11.0 Å². The van der Waals surface area contributed by atoms with E-state index < -0.39 is 0 Å². The van der Waals surface area contributed by atoms with Gasteiger partial charge in [0.1, 0.15) is 18.8 Å². The number of hydrogen-bond acceptors (Lipinski definition) is 4.